The molecule has 0 saturated carbocycles. The standard InChI is InChI=1S/C23H32N8O3/c1-29-11-12-31(23(29)33)17-4-2-10-30(15-17)19-14-26-20(21(25)32)22(28-19)27-16-5-7-18(8-6-16)34-13-3-9-24/h5-8,14,17H,2-4,9-13,15,24H2,1H3,(H2,25,32)(H,27,28)/t17-/m0/s1. The van der Waals surface area contributed by atoms with E-state index in [0.29, 0.717) is 31.3 Å². The largest absolute Gasteiger partial charge is 0.494 e. The number of carbonyl (C=O) groups excluding carboxylic acids is 2. The Hall–Kier alpha value is -3.60. The van der Waals surface area contributed by atoms with Crippen LogP contribution in [0.1, 0.15) is 29.8 Å². The second kappa shape index (κ2) is 10.6. The molecule has 11 nitrogen and oxygen atoms in total. The zero-order valence-electron chi connectivity index (χ0n) is 19.4. The number of primary amides is 1. The SMILES string of the molecule is CN1CCN([C@H]2CCCN(c3cnc(C(N)=O)c(Nc4ccc(OCCCN)cc4)n3)C2)C1=O. The number of carbonyl (C=O) groups is 2. The molecule has 34 heavy (non-hydrogen) atoms. The molecule has 11 heteroatoms. The minimum atomic E-state index is -0.662. The maximum Gasteiger partial charge on any atom is 0.320 e. The van der Waals surface area contributed by atoms with Crippen molar-refractivity contribution in [3.05, 3.63) is 36.2 Å². The summed E-state index contributed by atoms with van der Waals surface area (Å²) in [5.41, 5.74) is 11.8. The van der Waals surface area contributed by atoms with Crippen molar-refractivity contribution in [3.8, 4) is 5.75 Å². The van der Waals surface area contributed by atoms with E-state index in [1.54, 1.807) is 11.1 Å². The van der Waals surface area contributed by atoms with Crippen molar-refractivity contribution in [1.82, 2.24) is 19.8 Å². The molecule has 3 amide bonds. The lowest BCUT2D eigenvalue weighted by atomic mass is 10.0. The van der Waals surface area contributed by atoms with Crippen LogP contribution in [0.3, 0.4) is 0 Å². The number of amides is 3. The van der Waals surface area contributed by atoms with E-state index >= 15 is 0 Å². The van der Waals surface area contributed by atoms with Crippen molar-refractivity contribution >= 4 is 29.3 Å². The van der Waals surface area contributed by atoms with Crippen molar-refractivity contribution in [3.63, 3.8) is 0 Å². The van der Waals surface area contributed by atoms with Gasteiger partial charge in [0.2, 0.25) is 0 Å². The van der Waals surface area contributed by atoms with Crippen LogP contribution in [0.5, 0.6) is 5.75 Å². The molecule has 1 aromatic heterocycles. The second-order valence-corrected chi connectivity index (χ2v) is 8.57. The molecule has 1 atom stereocenters. The Morgan fingerprint density at radius 3 is 2.71 bits per heavy atom. The van der Waals surface area contributed by atoms with Gasteiger partial charge < -0.3 is 36.2 Å². The molecule has 2 aliphatic rings. The first-order chi connectivity index (χ1) is 16.5. The number of anilines is 3. The van der Waals surface area contributed by atoms with Crippen molar-refractivity contribution in [1.29, 1.82) is 0 Å². The third-order valence-corrected chi connectivity index (χ3v) is 6.14. The van der Waals surface area contributed by atoms with Gasteiger partial charge in [-0.15, -0.1) is 0 Å². The van der Waals surface area contributed by atoms with Crippen LogP contribution in [0.2, 0.25) is 0 Å². The van der Waals surface area contributed by atoms with Gasteiger partial charge in [-0.25, -0.2) is 14.8 Å². The number of urea groups is 1. The van der Waals surface area contributed by atoms with Gasteiger partial charge in [-0.05, 0) is 50.1 Å². The van der Waals surface area contributed by atoms with Crippen LogP contribution >= 0.6 is 0 Å². The van der Waals surface area contributed by atoms with Gasteiger partial charge in [-0.2, -0.15) is 0 Å². The summed E-state index contributed by atoms with van der Waals surface area (Å²) in [6.07, 6.45) is 4.24. The zero-order valence-corrected chi connectivity index (χ0v) is 19.4. The summed E-state index contributed by atoms with van der Waals surface area (Å²) in [5, 5.41) is 3.16. The minimum absolute atomic E-state index is 0.0666. The van der Waals surface area contributed by atoms with E-state index in [1.165, 1.54) is 0 Å². The third kappa shape index (κ3) is 5.30. The van der Waals surface area contributed by atoms with Crippen LogP contribution in [0.15, 0.2) is 30.5 Å². The summed E-state index contributed by atoms with van der Waals surface area (Å²) in [6, 6.07) is 7.53. The highest BCUT2D eigenvalue weighted by Gasteiger charge is 2.34. The Morgan fingerprint density at radius 2 is 2.03 bits per heavy atom. The predicted molar refractivity (Wildman–Crippen MR) is 129 cm³/mol. The molecule has 0 spiro atoms. The number of nitrogens with one attached hydrogen (secondary N) is 1. The summed E-state index contributed by atoms with van der Waals surface area (Å²) in [4.78, 5) is 39.2. The maximum atomic E-state index is 12.5. The van der Waals surface area contributed by atoms with Crippen molar-refractivity contribution < 1.29 is 14.3 Å². The van der Waals surface area contributed by atoms with E-state index in [0.717, 1.165) is 50.3 Å². The molecule has 182 valence electrons. The number of likely N-dealkylation sites (N-methyl/N-ethyl adjacent to an activating group) is 1. The average Bonchev–Trinajstić information content (AvgIpc) is 3.18. The Bertz CT molecular complexity index is 1020. The molecular weight excluding hydrogens is 436 g/mol. The lowest BCUT2D eigenvalue weighted by molar-refractivity contribution is 0.0996. The Balaban J connectivity index is 1.49. The molecule has 1 aromatic carbocycles. The van der Waals surface area contributed by atoms with E-state index in [4.69, 9.17) is 16.2 Å². The number of aromatic nitrogens is 2. The van der Waals surface area contributed by atoms with Crippen LogP contribution in [-0.2, 0) is 0 Å². The van der Waals surface area contributed by atoms with Gasteiger partial charge in [-0.1, -0.05) is 0 Å². The number of nitrogens with zero attached hydrogens (tertiary/aromatic N) is 5. The van der Waals surface area contributed by atoms with Crippen LogP contribution in [0, 0.1) is 0 Å². The highest BCUT2D eigenvalue weighted by Crippen LogP contribution is 2.26. The fourth-order valence-electron chi connectivity index (χ4n) is 4.27. The lowest BCUT2D eigenvalue weighted by Crippen LogP contribution is -2.49. The summed E-state index contributed by atoms with van der Waals surface area (Å²) in [5.74, 6) is 1.00. The zero-order chi connectivity index (χ0) is 24.1. The smallest absolute Gasteiger partial charge is 0.320 e. The van der Waals surface area contributed by atoms with Crippen LogP contribution < -0.4 is 26.4 Å². The normalized spacial score (nSPS) is 18.4. The molecule has 2 aliphatic heterocycles. The number of ether oxygens (including phenoxy) is 1. The van der Waals surface area contributed by atoms with E-state index in [2.05, 4.69) is 20.2 Å². The van der Waals surface area contributed by atoms with Crippen LogP contribution in [0.4, 0.5) is 22.1 Å². The third-order valence-electron chi connectivity index (χ3n) is 6.14. The summed E-state index contributed by atoms with van der Waals surface area (Å²) >= 11 is 0. The average molecular weight is 469 g/mol. The number of nitrogens with two attached hydrogens (primary N) is 2. The molecule has 4 rings (SSSR count). The quantitative estimate of drug-likeness (QED) is 0.469. The molecule has 5 N–H and O–H groups in total. The first kappa shape index (κ1) is 23.6. The van der Waals surface area contributed by atoms with Crippen molar-refractivity contribution in [2.45, 2.75) is 25.3 Å². The van der Waals surface area contributed by atoms with Gasteiger partial charge in [-0.3, -0.25) is 4.79 Å². The van der Waals surface area contributed by atoms with E-state index in [-0.39, 0.29) is 17.8 Å². The summed E-state index contributed by atoms with van der Waals surface area (Å²) in [6.45, 7) is 4.07. The number of hydrogen-bond donors (Lipinski definition) is 3. The topological polar surface area (TPSA) is 143 Å². The Kier molecular flexibility index (Phi) is 7.31. The monoisotopic (exact) mass is 468 g/mol. The Morgan fingerprint density at radius 1 is 1.24 bits per heavy atom. The molecule has 3 heterocycles. The van der Waals surface area contributed by atoms with Gasteiger partial charge in [0, 0.05) is 38.9 Å². The van der Waals surface area contributed by atoms with Crippen molar-refractivity contribution in [2.24, 2.45) is 11.5 Å². The lowest BCUT2D eigenvalue weighted by Gasteiger charge is -2.37. The van der Waals surface area contributed by atoms with Gasteiger partial charge in [0.15, 0.2) is 11.5 Å². The fraction of sp³-hybridized carbons (Fsp3) is 0.478. The Labute approximate surface area is 199 Å². The molecule has 2 saturated heterocycles. The first-order valence-corrected chi connectivity index (χ1v) is 11.6. The predicted octanol–water partition coefficient (Wildman–Crippen LogP) is 1.38. The summed E-state index contributed by atoms with van der Waals surface area (Å²) < 4.78 is 5.63. The molecular formula is C23H32N8O3. The number of piperidine rings is 1. The molecule has 2 fully saturated rings. The fourth-order valence-corrected chi connectivity index (χ4v) is 4.27. The number of hydrogen-bond acceptors (Lipinski definition) is 8. The van der Waals surface area contributed by atoms with Gasteiger partial charge in [0.1, 0.15) is 11.6 Å². The second-order valence-electron chi connectivity index (χ2n) is 8.57. The van der Waals surface area contributed by atoms with Gasteiger partial charge >= 0.3 is 6.03 Å². The minimum Gasteiger partial charge on any atom is -0.494 e. The highest BCUT2D eigenvalue weighted by atomic mass is 16.5. The molecule has 2 aromatic rings. The molecule has 0 aliphatic carbocycles. The number of benzene rings is 1. The number of rotatable bonds is 9. The van der Waals surface area contributed by atoms with Gasteiger partial charge in [0.25, 0.3) is 5.91 Å². The van der Waals surface area contributed by atoms with E-state index in [1.807, 2.05) is 36.2 Å². The molecule has 0 bridgehead atoms. The van der Waals surface area contributed by atoms with Crippen molar-refractivity contribution in [2.75, 3.05) is 56.6 Å². The van der Waals surface area contributed by atoms with E-state index in [9.17, 15) is 9.59 Å². The highest BCUT2D eigenvalue weighted by molar-refractivity contribution is 5.96. The first-order valence-electron chi connectivity index (χ1n) is 11.6. The maximum absolute atomic E-state index is 12.5. The van der Waals surface area contributed by atoms with Crippen LogP contribution in [0.25, 0.3) is 0 Å². The van der Waals surface area contributed by atoms with E-state index < -0.39 is 5.91 Å². The molecule has 0 radical (unpaired) electrons. The van der Waals surface area contributed by atoms with Gasteiger partial charge in [0.05, 0.1) is 18.8 Å². The van der Waals surface area contributed by atoms with Crippen LogP contribution in [-0.4, -0.2) is 84.1 Å². The summed E-state index contributed by atoms with van der Waals surface area (Å²) in [7, 11) is 1.83. The molecule has 0 unspecified atom stereocenters.